The number of hydrogen-bond acceptors (Lipinski definition) is 6. The summed E-state index contributed by atoms with van der Waals surface area (Å²) >= 11 is 0.458. The summed E-state index contributed by atoms with van der Waals surface area (Å²) < 4.78 is 5.82. The monoisotopic (exact) mass is 433 g/mol. The Morgan fingerprint density at radius 3 is 2.30 bits per heavy atom. The predicted octanol–water partition coefficient (Wildman–Crippen LogP) is 4.77. The summed E-state index contributed by atoms with van der Waals surface area (Å²) in [4.78, 5) is 45.1. The minimum atomic E-state index is -0.783. The minimum absolute atomic E-state index is 0.108. The third kappa shape index (κ3) is 8.65. The maximum Gasteiger partial charge on any atom is 0.394 e. The van der Waals surface area contributed by atoms with E-state index in [2.05, 4.69) is 0 Å². The van der Waals surface area contributed by atoms with Gasteiger partial charge in [-0.3, -0.25) is 14.4 Å². The number of amides is 2. The van der Waals surface area contributed by atoms with Gasteiger partial charge in [0.25, 0.3) is 5.91 Å². The van der Waals surface area contributed by atoms with Crippen LogP contribution in [0, 0.1) is 18.3 Å². The summed E-state index contributed by atoms with van der Waals surface area (Å²) in [5.41, 5.74) is 0.309. The van der Waals surface area contributed by atoms with Crippen LogP contribution in [0.4, 0.5) is 4.79 Å². The van der Waals surface area contributed by atoms with Crippen molar-refractivity contribution in [3.8, 4) is 5.75 Å². The molecule has 2 amide bonds. The van der Waals surface area contributed by atoms with Gasteiger partial charge in [0.15, 0.2) is 0 Å². The summed E-state index contributed by atoms with van der Waals surface area (Å²) in [5.74, 6) is -0.959. The molecule has 1 N–H and O–H groups in total. The Bertz CT molecular complexity index is 840. The van der Waals surface area contributed by atoms with Crippen molar-refractivity contribution in [3.63, 3.8) is 0 Å². The highest BCUT2D eigenvalue weighted by atomic mass is 32.2. The van der Waals surface area contributed by atoms with Gasteiger partial charge in [0.1, 0.15) is 5.75 Å². The molecule has 0 unspecified atom stereocenters. The van der Waals surface area contributed by atoms with Crippen molar-refractivity contribution in [1.82, 2.24) is 4.31 Å². The van der Waals surface area contributed by atoms with Crippen molar-refractivity contribution in [2.45, 2.75) is 41.0 Å². The SMILES string of the molecule is CC(C)/C=C/C(C)(C)C(=O)O.Cc1ccc(OC(=O)SN2C(=O)C=CCC2=O)cc1. The summed E-state index contributed by atoms with van der Waals surface area (Å²) in [5, 5.41) is 7.98. The van der Waals surface area contributed by atoms with Gasteiger partial charge < -0.3 is 9.84 Å². The first-order valence-corrected chi connectivity index (χ1v) is 10.1. The fourth-order valence-corrected chi connectivity index (χ4v) is 2.54. The van der Waals surface area contributed by atoms with E-state index in [1.54, 1.807) is 44.2 Å². The molecule has 1 aromatic carbocycles. The number of rotatable bonds is 5. The first kappa shape index (κ1) is 25.2. The zero-order chi connectivity index (χ0) is 22.9. The number of carboxylic acid groups (broad SMARTS) is 1. The molecule has 1 aromatic rings. The first-order valence-electron chi connectivity index (χ1n) is 9.35. The number of carbonyl (C=O) groups excluding carboxylic acids is 3. The van der Waals surface area contributed by atoms with Crippen LogP contribution >= 0.6 is 11.9 Å². The topological polar surface area (TPSA) is 101 Å². The van der Waals surface area contributed by atoms with Crippen LogP contribution in [0.25, 0.3) is 0 Å². The molecular formula is C22H27NO6S. The molecule has 0 aliphatic carbocycles. The highest BCUT2D eigenvalue weighted by Crippen LogP contribution is 2.21. The molecule has 0 atom stereocenters. The second-order valence-corrected chi connectivity index (χ2v) is 8.40. The van der Waals surface area contributed by atoms with E-state index in [0.717, 1.165) is 9.87 Å². The van der Waals surface area contributed by atoms with Gasteiger partial charge in [0.05, 0.1) is 17.4 Å². The van der Waals surface area contributed by atoms with Crippen LogP contribution in [-0.2, 0) is 14.4 Å². The van der Waals surface area contributed by atoms with Gasteiger partial charge in [-0.05, 0) is 38.8 Å². The van der Waals surface area contributed by atoms with Crippen LogP contribution in [0.5, 0.6) is 5.75 Å². The molecule has 0 saturated heterocycles. The quantitative estimate of drug-likeness (QED) is 0.309. The number of imide groups is 1. The van der Waals surface area contributed by atoms with Crippen molar-refractivity contribution < 1.29 is 29.0 Å². The second-order valence-electron chi connectivity index (χ2n) is 7.52. The van der Waals surface area contributed by atoms with E-state index in [1.807, 2.05) is 26.8 Å². The minimum Gasteiger partial charge on any atom is -0.481 e. The number of nitrogens with zero attached hydrogens (tertiary/aromatic N) is 1. The Morgan fingerprint density at radius 1 is 1.20 bits per heavy atom. The summed E-state index contributed by atoms with van der Waals surface area (Å²) in [6.07, 6.45) is 6.48. The molecule has 2 rings (SSSR count). The highest BCUT2D eigenvalue weighted by Gasteiger charge is 2.27. The highest BCUT2D eigenvalue weighted by molar-refractivity contribution is 8.12. The van der Waals surface area contributed by atoms with Crippen molar-refractivity contribution in [1.29, 1.82) is 0 Å². The fraction of sp³-hybridized carbons (Fsp3) is 0.364. The number of hydrogen-bond donors (Lipinski definition) is 1. The normalized spacial score (nSPS) is 14.0. The molecule has 0 saturated carbocycles. The molecule has 0 bridgehead atoms. The predicted molar refractivity (Wildman–Crippen MR) is 116 cm³/mol. The molecular weight excluding hydrogens is 406 g/mol. The van der Waals surface area contributed by atoms with Gasteiger partial charge in [0, 0.05) is 12.5 Å². The molecule has 8 heteroatoms. The number of aryl methyl sites for hydroxylation is 1. The molecule has 0 spiro atoms. The smallest absolute Gasteiger partial charge is 0.394 e. The maximum atomic E-state index is 11.6. The van der Waals surface area contributed by atoms with Crippen molar-refractivity contribution in [2.75, 3.05) is 0 Å². The summed E-state index contributed by atoms with van der Waals surface area (Å²) in [6, 6.07) is 6.89. The Labute approximate surface area is 180 Å². The number of carbonyl (C=O) groups is 4. The molecule has 7 nitrogen and oxygen atoms in total. The molecule has 0 fully saturated rings. The van der Waals surface area contributed by atoms with Crippen LogP contribution in [0.3, 0.4) is 0 Å². The number of benzene rings is 1. The third-order valence-electron chi connectivity index (χ3n) is 3.82. The molecule has 0 radical (unpaired) electrons. The van der Waals surface area contributed by atoms with E-state index in [4.69, 9.17) is 9.84 Å². The third-order valence-corrected chi connectivity index (χ3v) is 4.62. The Morgan fingerprint density at radius 2 is 1.80 bits per heavy atom. The van der Waals surface area contributed by atoms with Crippen LogP contribution < -0.4 is 4.74 Å². The Hall–Kier alpha value is -2.87. The van der Waals surface area contributed by atoms with Gasteiger partial charge in [-0.2, -0.15) is 0 Å². The van der Waals surface area contributed by atoms with Crippen LogP contribution in [0.2, 0.25) is 0 Å². The lowest BCUT2D eigenvalue weighted by Crippen LogP contribution is -2.33. The molecule has 1 aliphatic heterocycles. The Balaban J connectivity index is 0.000000352. The maximum absolute atomic E-state index is 11.6. The number of carboxylic acids is 1. The molecule has 0 aromatic heterocycles. The van der Waals surface area contributed by atoms with Crippen LogP contribution in [0.1, 0.15) is 39.7 Å². The molecule has 162 valence electrons. The average Bonchev–Trinajstić information content (AvgIpc) is 2.65. The lowest BCUT2D eigenvalue weighted by atomic mass is 9.92. The Kier molecular flexibility index (Phi) is 9.52. The summed E-state index contributed by atoms with van der Waals surface area (Å²) in [6.45, 7) is 9.34. The van der Waals surface area contributed by atoms with Crippen molar-refractivity contribution in [3.05, 3.63) is 54.1 Å². The largest absolute Gasteiger partial charge is 0.481 e. The number of ether oxygens (including phenoxy) is 1. The van der Waals surface area contributed by atoms with Gasteiger partial charge >= 0.3 is 11.3 Å². The molecule has 30 heavy (non-hydrogen) atoms. The zero-order valence-corrected chi connectivity index (χ0v) is 18.6. The second kappa shape index (κ2) is 11.3. The van der Waals surface area contributed by atoms with Gasteiger partial charge in [-0.1, -0.05) is 49.8 Å². The van der Waals surface area contributed by atoms with E-state index in [0.29, 0.717) is 23.6 Å². The number of aliphatic carboxylic acids is 1. The van der Waals surface area contributed by atoms with Crippen molar-refractivity contribution >= 4 is 35.0 Å². The summed E-state index contributed by atoms with van der Waals surface area (Å²) in [7, 11) is 0. The van der Waals surface area contributed by atoms with Gasteiger partial charge in [-0.25, -0.2) is 9.10 Å². The van der Waals surface area contributed by atoms with E-state index in [-0.39, 0.29) is 6.42 Å². The van der Waals surface area contributed by atoms with Crippen molar-refractivity contribution in [2.24, 2.45) is 11.3 Å². The van der Waals surface area contributed by atoms with Gasteiger partial charge in [0.2, 0.25) is 5.91 Å². The lowest BCUT2D eigenvalue weighted by Gasteiger charge is -2.18. The first-order chi connectivity index (χ1) is 13.9. The molecule has 1 heterocycles. The van der Waals surface area contributed by atoms with Gasteiger partial charge in [-0.15, -0.1) is 0 Å². The lowest BCUT2D eigenvalue weighted by molar-refractivity contribution is -0.144. The van der Waals surface area contributed by atoms with E-state index in [9.17, 15) is 19.2 Å². The van der Waals surface area contributed by atoms with E-state index in [1.165, 1.54) is 12.2 Å². The molecule has 1 aliphatic rings. The fourth-order valence-electron chi connectivity index (χ4n) is 1.93. The van der Waals surface area contributed by atoms with E-state index >= 15 is 0 Å². The number of allylic oxidation sites excluding steroid dienone is 1. The average molecular weight is 434 g/mol. The zero-order valence-electron chi connectivity index (χ0n) is 17.7. The standard InChI is InChI=1S/C13H11NO4S.C9H16O2/c1-9-5-7-10(8-6-9)18-13(17)19-14-11(15)3-2-4-12(14)16;1-7(2)5-6-9(3,4)8(10)11/h2-3,5-8H,4H2,1H3;5-7H,1-4H3,(H,10,11)/b;6-5+. The van der Waals surface area contributed by atoms with E-state index < -0.39 is 28.5 Å². The van der Waals surface area contributed by atoms with Crippen LogP contribution in [0.15, 0.2) is 48.6 Å². The van der Waals surface area contributed by atoms with Crippen LogP contribution in [-0.4, -0.2) is 32.5 Å².